The van der Waals surface area contributed by atoms with E-state index in [4.69, 9.17) is 4.74 Å². The average molecular weight is 943 g/mol. The first-order valence-electron chi connectivity index (χ1n) is 29.8. The Hall–Kier alpha value is -1.92. The molecule has 0 aliphatic heterocycles. The fourth-order valence-electron chi connectivity index (χ4n) is 9.03. The SMILES string of the molecule is CCCCCCCC/C=C\CCCCCCCCCCCC(=O)OCCCCCCCCCCC/C=C\CCCCCCCCCC(=O)NC(CO)C(O)/C=C/CCCCCCCCCCC. The van der Waals surface area contributed by atoms with Crippen molar-refractivity contribution in [2.24, 2.45) is 0 Å². The van der Waals surface area contributed by atoms with E-state index in [9.17, 15) is 19.8 Å². The third kappa shape index (κ3) is 53.3. The summed E-state index contributed by atoms with van der Waals surface area (Å²) in [5.41, 5.74) is 0. The third-order valence-electron chi connectivity index (χ3n) is 13.6. The number of aliphatic hydroxyl groups is 2. The van der Waals surface area contributed by atoms with Crippen LogP contribution < -0.4 is 5.32 Å². The van der Waals surface area contributed by atoms with Gasteiger partial charge < -0.3 is 20.3 Å². The molecule has 0 heterocycles. The third-order valence-corrected chi connectivity index (χ3v) is 13.6. The number of amides is 1. The van der Waals surface area contributed by atoms with E-state index in [1.54, 1.807) is 6.08 Å². The maximum absolute atomic E-state index is 12.4. The highest BCUT2D eigenvalue weighted by Crippen LogP contribution is 2.16. The van der Waals surface area contributed by atoms with Gasteiger partial charge in [0.15, 0.2) is 0 Å². The van der Waals surface area contributed by atoms with Crippen molar-refractivity contribution in [2.45, 2.75) is 328 Å². The molecule has 2 atom stereocenters. The van der Waals surface area contributed by atoms with Crippen LogP contribution in [0.15, 0.2) is 36.5 Å². The number of rotatable bonds is 55. The van der Waals surface area contributed by atoms with Crippen molar-refractivity contribution < 1.29 is 24.5 Å². The monoisotopic (exact) mass is 942 g/mol. The molecule has 0 saturated heterocycles. The van der Waals surface area contributed by atoms with E-state index in [-0.39, 0.29) is 18.5 Å². The van der Waals surface area contributed by atoms with E-state index in [1.807, 2.05) is 6.08 Å². The first-order valence-corrected chi connectivity index (χ1v) is 29.8. The van der Waals surface area contributed by atoms with Crippen molar-refractivity contribution in [3.8, 4) is 0 Å². The number of esters is 1. The van der Waals surface area contributed by atoms with Crippen LogP contribution in [0.3, 0.4) is 0 Å². The van der Waals surface area contributed by atoms with Gasteiger partial charge in [-0.05, 0) is 83.5 Å². The van der Waals surface area contributed by atoms with Gasteiger partial charge in [0, 0.05) is 12.8 Å². The molecule has 1 amide bonds. The zero-order chi connectivity index (χ0) is 48.6. The van der Waals surface area contributed by atoms with Crippen molar-refractivity contribution in [1.82, 2.24) is 5.32 Å². The fourth-order valence-corrected chi connectivity index (χ4v) is 9.03. The first kappa shape index (κ1) is 65.1. The number of carbonyl (C=O) groups excluding carboxylic acids is 2. The molecule has 0 rings (SSSR count). The Balaban J connectivity index is 3.42. The van der Waals surface area contributed by atoms with Crippen LogP contribution in [0.1, 0.15) is 316 Å². The minimum atomic E-state index is -0.849. The molecular formula is C61H115NO5. The van der Waals surface area contributed by atoms with Gasteiger partial charge in [-0.25, -0.2) is 0 Å². The van der Waals surface area contributed by atoms with Crippen molar-refractivity contribution in [2.75, 3.05) is 13.2 Å². The van der Waals surface area contributed by atoms with E-state index in [2.05, 4.69) is 43.5 Å². The van der Waals surface area contributed by atoms with Crippen LogP contribution >= 0.6 is 0 Å². The normalized spacial score (nSPS) is 12.8. The molecule has 394 valence electrons. The van der Waals surface area contributed by atoms with E-state index in [0.29, 0.717) is 19.4 Å². The van der Waals surface area contributed by atoms with Crippen LogP contribution in [0.5, 0.6) is 0 Å². The summed E-state index contributed by atoms with van der Waals surface area (Å²) in [5, 5.41) is 23.0. The van der Waals surface area contributed by atoms with Gasteiger partial charge in [-0.3, -0.25) is 9.59 Å². The first-order chi connectivity index (χ1) is 33.0. The van der Waals surface area contributed by atoms with Crippen molar-refractivity contribution in [1.29, 1.82) is 0 Å². The number of hydrogen-bond donors (Lipinski definition) is 3. The van der Waals surface area contributed by atoms with Crippen LogP contribution in [-0.4, -0.2) is 47.4 Å². The molecule has 0 aromatic rings. The highest BCUT2D eigenvalue weighted by Gasteiger charge is 2.18. The van der Waals surface area contributed by atoms with Crippen LogP contribution in [0.2, 0.25) is 0 Å². The molecule has 2 unspecified atom stereocenters. The molecule has 0 fully saturated rings. The zero-order valence-corrected chi connectivity index (χ0v) is 44.9. The Morgan fingerprint density at radius 2 is 0.701 bits per heavy atom. The predicted octanol–water partition coefficient (Wildman–Crippen LogP) is 18.4. The molecule has 0 aromatic heterocycles. The number of ether oxygens (including phenoxy) is 1. The zero-order valence-electron chi connectivity index (χ0n) is 44.9. The summed E-state index contributed by atoms with van der Waals surface area (Å²) in [6.07, 6.45) is 70.3. The Morgan fingerprint density at radius 3 is 1.06 bits per heavy atom. The summed E-state index contributed by atoms with van der Waals surface area (Å²) < 4.78 is 5.49. The lowest BCUT2D eigenvalue weighted by Crippen LogP contribution is -2.45. The lowest BCUT2D eigenvalue weighted by atomic mass is 10.1. The average Bonchev–Trinajstić information content (AvgIpc) is 3.33. The number of carbonyl (C=O) groups is 2. The number of aliphatic hydroxyl groups excluding tert-OH is 2. The number of nitrogens with one attached hydrogen (secondary N) is 1. The largest absolute Gasteiger partial charge is 0.466 e. The Labute approximate surface area is 417 Å². The summed E-state index contributed by atoms with van der Waals surface area (Å²) in [6.45, 7) is 4.88. The Bertz CT molecular complexity index is 1090. The maximum atomic E-state index is 12.4. The van der Waals surface area contributed by atoms with Gasteiger partial charge in [0.1, 0.15) is 0 Å². The van der Waals surface area contributed by atoms with Crippen LogP contribution in [0, 0.1) is 0 Å². The molecule has 67 heavy (non-hydrogen) atoms. The summed E-state index contributed by atoms with van der Waals surface area (Å²) >= 11 is 0. The molecule has 6 nitrogen and oxygen atoms in total. The van der Waals surface area contributed by atoms with Gasteiger partial charge >= 0.3 is 5.97 Å². The Morgan fingerprint density at radius 1 is 0.403 bits per heavy atom. The van der Waals surface area contributed by atoms with E-state index in [1.165, 1.54) is 238 Å². The second kappa shape index (κ2) is 56.7. The minimum Gasteiger partial charge on any atom is -0.466 e. The fraction of sp³-hybridized carbons (Fsp3) is 0.869. The van der Waals surface area contributed by atoms with E-state index >= 15 is 0 Å². The second-order valence-corrected chi connectivity index (χ2v) is 20.3. The highest BCUT2D eigenvalue weighted by atomic mass is 16.5. The molecule has 0 aliphatic carbocycles. The van der Waals surface area contributed by atoms with Crippen LogP contribution in [0.25, 0.3) is 0 Å². The van der Waals surface area contributed by atoms with Crippen molar-refractivity contribution in [3.63, 3.8) is 0 Å². The van der Waals surface area contributed by atoms with Gasteiger partial charge in [0.2, 0.25) is 5.91 Å². The number of hydrogen-bond acceptors (Lipinski definition) is 5. The van der Waals surface area contributed by atoms with Gasteiger partial charge in [-0.1, -0.05) is 256 Å². The van der Waals surface area contributed by atoms with E-state index in [0.717, 1.165) is 51.4 Å². The quantitative estimate of drug-likeness (QED) is 0.0321. The highest BCUT2D eigenvalue weighted by molar-refractivity contribution is 5.76. The molecule has 0 saturated carbocycles. The molecule has 0 radical (unpaired) electrons. The molecule has 6 heteroatoms. The second-order valence-electron chi connectivity index (χ2n) is 20.3. The van der Waals surface area contributed by atoms with Crippen LogP contribution in [-0.2, 0) is 14.3 Å². The number of allylic oxidation sites excluding steroid dienone is 5. The van der Waals surface area contributed by atoms with Crippen molar-refractivity contribution in [3.05, 3.63) is 36.5 Å². The maximum Gasteiger partial charge on any atom is 0.305 e. The predicted molar refractivity (Wildman–Crippen MR) is 292 cm³/mol. The number of unbranched alkanes of at least 4 members (excludes halogenated alkanes) is 40. The lowest BCUT2D eigenvalue weighted by molar-refractivity contribution is -0.143. The summed E-state index contributed by atoms with van der Waals surface area (Å²) in [5.74, 6) is -0.0731. The van der Waals surface area contributed by atoms with Gasteiger partial charge in [-0.2, -0.15) is 0 Å². The summed E-state index contributed by atoms with van der Waals surface area (Å²) in [6, 6.07) is -0.633. The molecule has 0 spiro atoms. The summed E-state index contributed by atoms with van der Waals surface area (Å²) in [4.78, 5) is 24.5. The standard InChI is InChI=1S/C61H115NO5/c1-3-5-7-9-11-13-15-16-17-18-21-25-28-31-35-39-43-47-51-55-61(66)67-56-52-48-44-40-36-32-29-26-23-20-19-22-24-27-30-34-38-42-46-50-54-60(65)62-58(57-63)59(64)53-49-45-41-37-33-14-12-10-8-6-4-2/h16-17,19,22,49,53,58-59,63-64H,3-15,18,20-21,23-48,50-52,54-57H2,1-2H3,(H,62,65)/b17-16-,22-19-,53-49+. The molecule has 0 aliphatic rings. The van der Waals surface area contributed by atoms with Gasteiger partial charge in [-0.15, -0.1) is 0 Å². The molecule has 3 N–H and O–H groups in total. The van der Waals surface area contributed by atoms with Gasteiger partial charge in [0.05, 0.1) is 25.4 Å². The van der Waals surface area contributed by atoms with Crippen LogP contribution in [0.4, 0.5) is 0 Å². The molecule has 0 aromatic carbocycles. The van der Waals surface area contributed by atoms with Crippen molar-refractivity contribution >= 4 is 11.9 Å². The smallest absolute Gasteiger partial charge is 0.305 e. The summed E-state index contributed by atoms with van der Waals surface area (Å²) in [7, 11) is 0. The molecular weight excluding hydrogens is 827 g/mol. The molecule has 0 bridgehead atoms. The van der Waals surface area contributed by atoms with E-state index < -0.39 is 12.1 Å². The minimum absolute atomic E-state index is 0.00484. The lowest BCUT2D eigenvalue weighted by Gasteiger charge is -2.20. The van der Waals surface area contributed by atoms with Gasteiger partial charge in [0.25, 0.3) is 0 Å². The Kier molecular flexibility index (Phi) is 55.0. The topological polar surface area (TPSA) is 95.9 Å².